The zero-order chi connectivity index (χ0) is 14.2. The number of para-hydroxylation sites is 1. The Hall–Kier alpha value is -2.94. The molecule has 0 spiro atoms. The van der Waals surface area contributed by atoms with Crippen LogP contribution in [0.25, 0.3) is 10.9 Å². The highest BCUT2D eigenvalue weighted by Crippen LogP contribution is 2.30. The molecule has 21 heavy (non-hydrogen) atoms. The van der Waals surface area contributed by atoms with E-state index in [2.05, 4.69) is 26.0 Å². The van der Waals surface area contributed by atoms with E-state index in [1.807, 2.05) is 28.9 Å². The van der Waals surface area contributed by atoms with Crippen molar-refractivity contribution in [3.8, 4) is 6.07 Å². The van der Waals surface area contributed by atoms with Gasteiger partial charge in [0.2, 0.25) is 0 Å². The molecule has 3 aromatic rings. The van der Waals surface area contributed by atoms with Crippen molar-refractivity contribution in [1.82, 2.24) is 19.7 Å². The summed E-state index contributed by atoms with van der Waals surface area (Å²) in [6.07, 6.45) is 5.00. The van der Waals surface area contributed by atoms with E-state index in [4.69, 9.17) is 5.26 Å². The van der Waals surface area contributed by atoms with E-state index in [0.29, 0.717) is 11.6 Å². The molecule has 1 saturated heterocycles. The van der Waals surface area contributed by atoms with E-state index >= 15 is 0 Å². The summed E-state index contributed by atoms with van der Waals surface area (Å²) in [5, 5.41) is 14.1. The maximum atomic E-state index is 8.84. The van der Waals surface area contributed by atoms with Gasteiger partial charge in [-0.15, -0.1) is 0 Å². The maximum Gasteiger partial charge on any atom is 0.140 e. The molecule has 0 aliphatic carbocycles. The second-order valence-electron chi connectivity index (χ2n) is 5.09. The number of hydrogen-bond donors (Lipinski definition) is 0. The number of anilines is 1. The Kier molecular flexibility index (Phi) is 2.57. The van der Waals surface area contributed by atoms with Crippen LogP contribution in [0.15, 0.2) is 43.0 Å². The molecule has 0 saturated carbocycles. The number of benzene rings is 1. The monoisotopic (exact) mass is 276 g/mol. The standard InChI is InChI=1S/C15H12N6/c16-5-11-6-19-21(7-11)12-8-20(9-12)15-13-3-1-2-4-14(13)17-10-18-15/h1-4,6-7,10,12H,8-9H2. The molecule has 1 aliphatic heterocycles. The lowest BCUT2D eigenvalue weighted by molar-refractivity contribution is 0.366. The van der Waals surface area contributed by atoms with Crippen LogP contribution in [0.3, 0.4) is 0 Å². The average molecular weight is 276 g/mol. The molecule has 6 heteroatoms. The fourth-order valence-corrected chi connectivity index (χ4v) is 2.63. The predicted octanol–water partition coefficient (Wildman–Crippen LogP) is 1.76. The van der Waals surface area contributed by atoms with Crippen molar-refractivity contribution in [2.45, 2.75) is 6.04 Å². The molecule has 4 rings (SSSR count). The first kappa shape index (κ1) is 11.9. The Labute approximate surface area is 121 Å². The Balaban J connectivity index is 1.58. The third-order valence-corrected chi connectivity index (χ3v) is 3.79. The molecule has 1 aromatic carbocycles. The highest BCUT2D eigenvalue weighted by molar-refractivity contribution is 5.89. The van der Waals surface area contributed by atoms with Gasteiger partial charge in [-0.3, -0.25) is 4.68 Å². The second kappa shape index (κ2) is 4.56. The van der Waals surface area contributed by atoms with E-state index < -0.39 is 0 Å². The van der Waals surface area contributed by atoms with Crippen LogP contribution < -0.4 is 4.90 Å². The summed E-state index contributed by atoms with van der Waals surface area (Å²) < 4.78 is 1.86. The van der Waals surface area contributed by atoms with Crippen molar-refractivity contribution in [3.05, 3.63) is 48.5 Å². The molecule has 0 radical (unpaired) electrons. The molecule has 6 nitrogen and oxygen atoms in total. The van der Waals surface area contributed by atoms with Gasteiger partial charge in [0.1, 0.15) is 18.2 Å². The first-order valence-electron chi connectivity index (χ1n) is 6.74. The van der Waals surface area contributed by atoms with Gasteiger partial charge >= 0.3 is 0 Å². The lowest BCUT2D eigenvalue weighted by Gasteiger charge is -2.40. The van der Waals surface area contributed by atoms with Crippen molar-refractivity contribution in [2.24, 2.45) is 0 Å². The van der Waals surface area contributed by atoms with Gasteiger partial charge in [0.05, 0.1) is 23.3 Å². The number of rotatable bonds is 2. The summed E-state index contributed by atoms with van der Waals surface area (Å²) in [5.74, 6) is 0.963. The predicted molar refractivity (Wildman–Crippen MR) is 77.7 cm³/mol. The number of nitrogens with zero attached hydrogens (tertiary/aromatic N) is 6. The average Bonchev–Trinajstić information content (AvgIpc) is 2.95. The summed E-state index contributed by atoms with van der Waals surface area (Å²) >= 11 is 0. The summed E-state index contributed by atoms with van der Waals surface area (Å²) in [6.45, 7) is 1.68. The smallest absolute Gasteiger partial charge is 0.140 e. The van der Waals surface area contributed by atoms with E-state index in [0.717, 1.165) is 29.8 Å². The summed E-state index contributed by atoms with van der Waals surface area (Å²) in [5.41, 5.74) is 1.55. The minimum Gasteiger partial charge on any atom is -0.352 e. The van der Waals surface area contributed by atoms with Crippen LogP contribution in [0, 0.1) is 11.3 Å². The van der Waals surface area contributed by atoms with Crippen molar-refractivity contribution in [2.75, 3.05) is 18.0 Å². The van der Waals surface area contributed by atoms with Gasteiger partial charge in [-0.2, -0.15) is 10.4 Å². The largest absolute Gasteiger partial charge is 0.352 e. The molecule has 1 aliphatic rings. The molecule has 0 bridgehead atoms. The summed E-state index contributed by atoms with van der Waals surface area (Å²) in [4.78, 5) is 10.9. The van der Waals surface area contributed by atoms with Gasteiger partial charge in [-0.05, 0) is 12.1 Å². The highest BCUT2D eigenvalue weighted by Gasteiger charge is 2.30. The molecule has 0 unspecified atom stereocenters. The first-order valence-corrected chi connectivity index (χ1v) is 6.74. The highest BCUT2D eigenvalue weighted by atomic mass is 15.4. The molecule has 3 heterocycles. The summed E-state index contributed by atoms with van der Waals surface area (Å²) in [7, 11) is 0. The van der Waals surface area contributed by atoms with Gasteiger partial charge in [-0.1, -0.05) is 12.1 Å². The van der Waals surface area contributed by atoms with Gasteiger partial charge < -0.3 is 4.90 Å². The molecular weight excluding hydrogens is 264 g/mol. The normalized spacial score (nSPS) is 14.9. The maximum absolute atomic E-state index is 8.84. The lowest BCUT2D eigenvalue weighted by Crippen LogP contribution is -2.48. The van der Waals surface area contributed by atoms with Crippen LogP contribution in [0.4, 0.5) is 5.82 Å². The van der Waals surface area contributed by atoms with Crippen molar-refractivity contribution >= 4 is 16.7 Å². The van der Waals surface area contributed by atoms with Gasteiger partial charge in [0.25, 0.3) is 0 Å². The molecule has 1 fully saturated rings. The zero-order valence-corrected chi connectivity index (χ0v) is 11.2. The van der Waals surface area contributed by atoms with Crippen molar-refractivity contribution in [3.63, 3.8) is 0 Å². The Morgan fingerprint density at radius 3 is 2.86 bits per heavy atom. The molecule has 0 amide bonds. The molecule has 0 N–H and O–H groups in total. The molecule has 2 aromatic heterocycles. The quantitative estimate of drug-likeness (QED) is 0.713. The second-order valence-corrected chi connectivity index (χ2v) is 5.09. The van der Waals surface area contributed by atoms with Gasteiger partial charge in [-0.25, -0.2) is 9.97 Å². The lowest BCUT2D eigenvalue weighted by atomic mass is 10.1. The number of aromatic nitrogens is 4. The van der Waals surface area contributed by atoms with Crippen molar-refractivity contribution < 1.29 is 0 Å². The first-order chi connectivity index (χ1) is 10.3. The zero-order valence-electron chi connectivity index (χ0n) is 11.2. The number of fused-ring (bicyclic) bond motifs is 1. The number of hydrogen-bond acceptors (Lipinski definition) is 5. The SMILES string of the molecule is N#Cc1cnn(C2CN(c3ncnc4ccccc34)C2)c1. The Morgan fingerprint density at radius 2 is 2.05 bits per heavy atom. The minimum absolute atomic E-state index is 0.292. The molecular formula is C15H12N6. The van der Waals surface area contributed by atoms with Crippen LogP contribution in [0.2, 0.25) is 0 Å². The van der Waals surface area contributed by atoms with E-state index in [1.54, 1.807) is 18.7 Å². The fraction of sp³-hybridized carbons (Fsp3) is 0.200. The van der Waals surface area contributed by atoms with Crippen molar-refractivity contribution in [1.29, 1.82) is 5.26 Å². The fourth-order valence-electron chi connectivity index (χ4n) is 2.63. The van der Waals surface area contributed by atoms with Crippen LogP contribution in [0.5, 0.6) is 0 Å². The van der Waals surface area contributed by atoms with E-state index in [9.17, 15) is 0 Å². The van der Waals surface area contributed by atoms with E-state index in [1.165, 1.54) is 0 Å². The molecule has 102 valence electrons. The van der Waals surface area contributed by atoms with Gasteiger partial charge in [0, 0.05) is 24.7 Å². The van der Waals surface area contributed by atoms with Crippen LogP contribution in [0.1, 0.15) is 11.6 Å². The van der Waals surface area contributed by atoms with Crippen LogP contribution >= 0.6 is 0 Å². The van der Waals surface area contributed by atoms with Crippen LogP contribution in [-0.4, -0.2) is 32.8 Å². The minimum atomic E-state index is 0.292. The van der Waals surface area contributed by atoms with E-state index in [-0.39, 0.29) is 0 Å². The molecule has 0 atom stereocenters. The Bertz CT molecular complexity index is 835. The third kappa shape index (κ3) is 1.91. The third-order valence-electron chi connectivity index (χ3n) is 3.79. The van der Waals surface area contributed by atoms with Gasteiger partial charge in [0.15, 0.2) is 0 Å². The topological polar surface area (TPSA) is 70.6 Å². The summed E-state index contributed by atoms with van der Waals surface area (Å²) in [6, 6.07) is 10.4. The Morgan fingerprint density at radius 1 is 1.19 bits per heavy atom. The van der Waals surface area contributed by atoms with Crippen LogP contribution in [-0.2, 0) is 0 Å². The number of nitriles is 1.